The van der Waals surface area contributed by atoms with Crippen molar-refractivity contribution in [2.45, 2.75) is 12.5 Å². The lowest BCUT2D eigenvalue weighted by molar-refractivity contribution is -0.140. The van der Waals surface area contributed by atoms with Gasteiger partial charge < -0.3 is 15.2 Å². The van der Waals surface area contributed by atoms with Crippen molar-refractivity contribution in [3.8, 4) is 5.88 Å². The van der Waals surface area contributed by atoms with E-state index in [2.05, 4.69) is 10.3 Å². The van der Waals surface area contributed by atoms with Crippen LogP contribution in [-0.4, -0.2) is 35.6 Å². The Morgan fingerprint density at radius 2 is 2.44 bits per heavy atom. The molecule has 1 aromatic rings. The number of carbonyl (C=O) groups excluding carboxylic acids is 1. The molecular weight excluding hydrogens is 212 g/mol. The van der Waals surface area contributed by atoms with Crippen LogP contribution in [0.5, 0.6) is 5.88 Å². The van der Waals surface area contributed by atoms with E-state index in [1.807, 2.05) is 0 Å². The lowest BCUT2D eigenvalue weighted by Gasteiger charge is -2.10. The summed E-state index contributed by atoms with van der Waals surface area (Å²) in [6.07, 6.45) is 0.476. The molecule has 0 bridgehead atoms. The summed E-state index contributed by atoms with van der Waals surface area (Å²) >= 11 is 0. The van der Waals surface area contributed by atoms with Crippen molar-refractivity contribution in [3.05, 3.63) is 23.9 Å². The third-order valence-electron chi connectivity index (χ3n) is 1.97. The number of carbonyl (C=O) groups is 2. The van der Waals surface area contributed by atoms with Gasteiger partial charge in [-0.2, -0.15) is 0 Å². The Bertz CT molecular complexity index is 381. The predicted octanol–water partition coefficient (Wildman–Crippen LogP) is -0.168. The van der Waals surface area contributed by atoms with Crippen LogP contribution in [0.4, 0.5) is 0 Å². The van der Waals surface area contributed by atoms with Crippen LogP contribution in [-0.2, 0) is 16.0 Å². The number of aromatic nitrogens is 1. The summed E-state index contributed by atoms with van der Waals surface area (Å²) in [6, 6.07) is 4.07. The molecule has 1 amide bonds. The normalized spacial score (nSPS) is 11.6. The quantitative estimate of drug-likeness (QED) is 0.655. The lowest BCUT2D eigenvalue weighted by Crippen LogP contribution is -2.37. The number of nitrogens with zero attached hydrogens (tertiary/aromatic N) is 1. The van der Waals surface area contributed by atoms with Gasteiger partial charge in [-0.1, -0.05) is 6.07 Å². The first-order valence-electron chi connectivity index (χ1n) is 4.59. The Balaban J connectivity index is 2.76. The second kappa shape index (κ2) is 5.69. The molecule has 1 unspecified atom stereocenters. The Labute approximate surface area is 92.3 Å². The number of hydrogen-bond donors (Lipinski definition) is 2. The average molecular weight is 224 g/mol. The molecule has 0 fully saturated rings. The van der Waals surface area contributed by atoms with Crippen molar-refractivity contribution in [2.75, 3.05) is 7.11 Å². The van der Waals surface area contributed by atoms with E-state index in [0.717, 1.165) is 0 Å². The summed E-state index contributed by atoms with van der Waals surface area (Å²) in [5.41, 5.74) is 0.543. The largest absolute Gasteiger partial charge is 0.481 e. The fourth-order valence-corrected chi connectivity index (χ4v) is 1.19. The molecule has 1 heterocycles. The summed E-state index contributed by atoms with van der Waals surface area (Å²) < 4.78 is 4.91. The molecular formula is C10H12N2O4. The van der Waals surface area contributed by atoms with E-state index < -0.39 is 12.0 Å². The highest BCUT2D eigenvalue weighted by Crippen LogP contribution is 2.08. The molecule has 0 saturated heterocycles. The van der Waals surface area contributed by atoms with Crippen LogP contribution in [0.1, 0.15) is 5.69 Å². The number of nitrogens with one attached hydrogen (secondary N) is 1. The van der Waals surface area contributed by atoms with Gasteiger partial charge in [0.15, 0.2) is 0 Å². The highest BCUT2D eigenvalue weighted by molar-refractivity contribution is 5.76. The van der Waals surface area contributed by atoms with Crippen LogP contribution >= 0.6 is 0 Å². The molecule has 1 rings (SSSR count). The van der Waals surface area contributed by atoms with E-state index >= 15 is 0 Å². The Morgan fingerprint density at radius 1 is 1.69 bits per heavy atom. The van der Waals surface area contributed by atoms with Crippen LogP contribution in [0.25, 0.3) is 0 Å². The van der Waals surface area contributed by atoms with Crippen LogP contribution in [0.2, 0.25) is 0 Å². The molecule has 6 nitrogen and oxygen atoms in total. The molecule has 0 spiro atoms. The molecule has 0 radical (unpaired) electrons. The molecule has 0 saturated carbocycles. The highest BCUT2D eigenvalue weighted by atomic mass is 16.5. The van der Waals surface area contributed by atoms with Crippen molar-refractivity contribution in [3.63, 3.8) is 0 Å². The van der Waals surface area contributed by atoms with Gasteiger partial charge in [-0.3, -0.25) is 4.79 Å². The molecule has 0 aliphatic carbocycles. The molecule has 1 atom stereocenters. The molecule has 16 heavy (non-hydrogen) atoms. The van der Waals surface area contributed by atoms with Gasteiger partial charge in [-0.15, -0.1) is 0 Å². The van der Waals surface area contributed by atoms with E-state index in [1.165, 1.54) is 7.11 Å². The van der Waals surface area contributed by atoms with Crippen molar-refractivity contribution < 1.29 is 19.4 Å². The number of amides is 1. The van der Waals surface area contributed by atoms with Crippen molar-refractivity contribution in [1.82, 2.24) is 10.3 Å². The first-order chi connectivity index (χ1) is 7.67. The smallest absolute Gasteiger partial charge is 0.326 e. The fraction of sp³-hybridized carbons (Fsp3) is 0.300. The second-order valence-corrected chi connectivity index (χ2v) is 3.05. The summed E-state index contributed by atoms with van der Waals surface area (Å²) in [6.45, 7) is 0. The first-order valence-corrected chi connectivity index (χ1v) is 4.59. The zero-order valence-electron chi connectivity index (χ0n) is 8.71. The van der Waals surface area contributed by atoms with Crippen molar-refractivity contribution in [1.29, 1.82) is 0 Å². The lowest BCUT2D eigenvalue weighted by atomic mass is 10.1. The summed E-state index contributed by atoms with van der Waals surface area (Å²) in [7, 11) is 1.48. The Hall–Kier alpha value is -2.11. The topological polar surface area (TPSA) is 88.5 Å². The zero-order chi connectivity index (χ0) is 12.0. The van der Waals surface area contributed by atoms with Gasteiger partial charge in [0.2, 0.25) is 12.3 Å². The van der Waals surface area contributed by atoms with Gasteiger partial charge in [-0.25, -0.2) is 9.78 Å². The number of aliphatic carboxylic acids is 1. The predicted molar refractivity (Wildman–Crippen MR) is 55.1 cm³/mol. The molecule has 86 valence electrons. The summed E-state index contributed by atoms with van der Waals surface area (Å²) in [5, 5.41) is 11.0. The van der Waals surface area contributed by atoms with Gasteiger partial charge in [0, 0.05) is 18.2 Å². The van der Waals surface area contributed by atoms with Crippen LogP contribution in [0.15, 0.2) is 18.2 Å². The van der Waals surface area contributed by atoms with E-state index in [9.17, 15) is 9.59 Å². The minimum absolute atomic E-state index is 0.116. The zero-order valence-corrected chi connectivity index (χ0v) is 8.71. The number of methoxy groups -OCH3 is 1. The van der Waals surface area contributed by atoms with Gasteiger partial charge in [0.25, 0.3) is 0 Å². The second-order valence-electron chi connectivity index (χ2n) is 3.05. The molecule has 0 aromatic carbocycles. The Kier molecular flexibility index (Phi) is 4.26. The molecule has 0 aliphatic rings. The maximum Gasteiger partial charge on any atom is 0.326 e. The molecule has 6 heteroatoms. The number of carboxylic acids is 1. The minimum atomic E-state index is -1.10. The monoisotopic (exact) mass is 224 g/mol. The van der Waals surface area contributed by atoms with Gasteiger partial charge >= 0.3 is 5.97 Å². The number of rotatable bonds is 6. The van der Waals surface area contributed by atoms with Crippen LogP contribution in [0.3, 0.4) is 0 Å². The Morgan fingerprint density at radius 3 is 3.00 bits per heavy atom. The molecule has 1 aromatic heterocycles. The summed E-state index contributed by atoms with van der Waals surface area (Å²) in [4.78, 5) is 25.0. The van der Waals surface area contributed by atoms with Gasteiger partial charge in [0.1, 0.15) is 6.04 Å². The maximum absolute atomic E-state index is 10.8. The number of carboxylic acid groups (broad SMARTS) is 1. The van der Waals surface area contributed by atoms with E-state index in [1.54, 1.807) is 18.2 Å². The van der Waals surface area contributed by atoms with Gasteiger partial charge in [0.05, 0.1) is 7.11 Å². The van der Waals surface area contributed by atoms with E-state index in [-0.39, 0.29) is 6.42 Å². The maximum atomic E-state index is 10.8. The third kappa shape index (κ3) is 3.23. The van der Waals surface area contributed by atoms with Crippen molar-refractivity contribution in [2.24, 2.45) is 0 Å². The summed E-state index contributed by atoms with van der Waals surface area (Å²) in [5.74, 6) is -0.690. The third-order valence-corrected chi connectivity index (χ3v) is 1.97. The van der Waals surface area contributed by atoms with Crippen molar-refractivity contribution >= 4 is 12.4 Å². The van der Waals surface area contributed by atoms with E-state index in [4.69, 9.17) is 9.84 Å². The highest BCUT2D eigenvalue weighted by Gasteiger charge is 2.17. The van der Waals surface area contributed by atoms with Crippen LogP contribution < -0.4 is 10.1 Å². The standard InChI is InChI=1S/C10H12N2O4/c1-16-9-4-2-3-7(12-9)5-8(10(14)15)11-6-13/h2-4,6,8H,5H2,1H3,(H,11,13)(H,14,15). The fourth-order valence-electron chi connectivity index (χ4n) is 1.19. The SMILES string of the molecule is COc1cccc(CC(NC=O)C(=O)O)n1. The number of hydrogen-bond acceptors (Lipinski definition) is 4. The first kappa shape index (κ1) is 12.0. The molecule has 0 aliphatic heterocycles. The number of pyridine rings is 1. The van der Waals surface area contributed by atoms with Crippen LogP contribution in [0, 0.1) is 0 Å². The average Bonchev–Trinajstić information content (AvgIpc) is 2.28. The number of ether oxygens (including phenoxy) is 1. The van der Waals surface area contributed by atoms with Gasteiger partial charge in [-0.05, 0) is 6.07 Å². The van der Waals surface area contributed by atoms with E-state index in [0.29, 0.717) is 18.0 Å². The molecule has 2 N–H and O–H groups in total. The minimum Gasteiger partial charge on any atom is -0.481 e.